The van der Waals surface area contributed by atoms with Gasteiger partial charge in [-0.25, -0.2) is 4.98 Å². The van der Waals surface area contributed by atoms with E-state index in [9.17, 15) is 0 Å². The molecule has 3 rings (SSSR count). The fourth-order valence-electron chi connectivity index (χ4n) is 2.36. The lowest BCUT2D eigenvalue weighted by Crippen LogP contribution is -2.46. The van der Waals surface area contributed by atoms with Gasteiger partial charge in [0, 0.05) is 45.6 Å². The van der Waals surface area contributed by atoms with Crippen LogP contribution in [0.1, 0.15) is 6.92 Å². The highest BCUT2D eigenvalue weighted by atomic mass is 15.4. The topological polar surface area (TPSA) is 75.0 Å². The zero-order valence-corrected chi connectivity index (χ0v) is 12.4. The van der Waals surface area contributed by atoms with Gasteiger partial charge in [-0.3, -0.25) is 4.57 Å². The van der Waals surface area contributed by atoms with Gasteiger partial charge in [-0.2, -0.15) is 15.0 Å². The first kappa shape index (κ1) is 13.7. The van der Waals surface area contributed by atoms with E-state index in [1.807, 2.05) is 13.2 Å². The molecule has 2 aromatic rings. The Morgan fingerprint density at radius 2 is 1.86 bits per heavy atom. The molecule has 8 heteroatoms. The van der Waals surface area contributed by atoms with Gasteiger partial charge in [0.25, 0.3) is 0 Å². The maximum atomic E-state index is 4.57. The molecule has 0 aromatic carbocycles. The number of rotatable bonds is 4. The van der Waals surface area contributed by atoms with E-state index >= 15 is 0 Å². The van der Waals surface area contributed by atoms with Crippen molar-refractivity contribution in [1.82, 2.24) is 29.4 Å². The van der Waals surface area contributed by atoms with E-state index in [1.54, 1.807) is 17.1 Å². The number of hydrogen-bond donors (Lipinski definition) is 1. The molecule has 1 aliphatic rings. The highest BCUT2D eigenvalue weighted by Gasteiger charge is 2.19. The van der Waals surface area contributed by atoms with Crippen LogP contribution in [0.4, 0.5) is 11.9 Å². The van der Waals surface area contributed by atoms with E-state index < -0.39 is 0 Å². The molecule has 112 valence electrons. The summed E-state index contributed by atoms with van der Waals surface area (Å²) in [5.41, 5.74) is 0. The van der Waals surface area contributed by atoms with Gasteiger partial charge in [-0.1, -0.05) is 6.92 Å². The molecule has 2 aromatic heterocycles. The lowest BCUT2D eigenvalue weighted by Gasteiger charge is -2.34. The van der Waals surface area contributed by atoms with Crippen molar-refractivity contribution >= 4 is 11.9 Å². The van der Waals surface area contributed by atoms with Crippen LogP contribution in [0.25, 0.3) is 5.95 Å². The van der Waals surface area contributed by atoms with E-state index in [4.69, 9.17) is 0 Å². The molecule has 1 N–H and O–H groups in total. The fraction of sp³-hybridized carbons (Fsp3) is 0.538. The van der Waals surface area contributed by atoms with Crippen LogP contribution < -0.4 is 10.2 Å². The third-order valence-corrected chi connectivity index (χ3v) is 3.67. The number of nitrogens with zero attached hydrogens (tertiary/aromatic N) is 7. The summed E-state index contributed by atoms with van der Waals surface area (Å²) in [6, 6.07) is 0. The summed E-state index contributed by atoms with van der Waals surface area (Å²) in [4.78, 5) is 22.1. The number of likely N-dealkylation sites (N-methyl/N-ethyl adjacent to an activating group) is 1. The average Bonchev–Trinajstić information content (AvgIpc) is 3.09. The predicted molar refractivity (Wildman–Crippen MR) is 80.8 cm³/mol. The van der Waals surface area contributed by atoms with Gasteiger partial charge in [0.2, 0.25) is 17.8 Å². The van der Waals surface area contributed by atoms with Crippen LogP contribution in [0.15, 0.2) is 18.7 Å². The van der Waals surface area contributed by atoms with Gasteiger partial charge < -0.3 is 15.1 Å². The summed E-state index contributed by atoms with van der Waals surface area (Å²) in [5.74, 6) is 1.87. The smallest absolute Gasteiger partial charge is 0.241 e. The number of nitrogens with one attached hydrogen (secondary N) is 1. The minimum atomic E-state index is 0.571. The summed E-state index contributed by atoms with van der Waals surface area (Å²) >= 11 is 0. The van der Waals surface area contributed by atoms with Gasteiger partial charge in [0.1, 0.15) is 6.33 Å². The molecule has 0 amide bonds. The number of imidazole rings is 1. The van der Waals surface area contributed by atoms with Crippen molar-refractivity contribution in [2.24, 2.45) is 0 Å². The van der Waals surface area contributed by atoms with E-state index in [2.05, 4.69) is 42.0 Å². The highest BCUT2D eigenvalue weighted by Crippen LogP contribution is 2.15. The molecule has 3 heterocycles. The van der Waals surface area contributed by atoms with Crippen LogP contribution in [0.3, 0.4) is 0 Å². The maximum Gasteiger partial charge on any atom is 0.241 e. The Hall–Kier alpha value is -2.22. The molecule has 0 bridgehead atoms. The second kappa shape index (κ2) is 6.04. The van der Waals surface area contributed by atoms with Crippen molar-refractivity contribution in [3.63, 3.8) is 0 Å². The van der Waals surface area contributed by atoms with Crippen LogP contribution in [0.5, 0.6) is 0 Å². The SMILES string of the molecule is CCN1CCN(c2nc(NC)nc(-n3ccnc3)n2)CC1. The van der Waals surface area contributed by atoms with Gasteiger partial charge >= 0.3 is 0 Å². The second-order valence-electron chi connectivity index (χ2n) is 4.90. The molecule has 0 saturated carbocycles. The Kier molecular flexibility index (Phi) is 3.96. The molecule has 8 nitrogen and oxygen atoms in total. The Labute approximate surface area is 123 Å². The Balaban J connectivity index is 1.86. The summed E-state index contributed by atoms with van der Waals surface area (Å²) in [6.07, 6.45) is 5.23. The summed E-state index contributed by atoms with van der Waals surface area (Å²) < 4.78 is 1.79. The first-order chi connectivity index (χ1) is 10.3. The van der Waals surface area contributed by atoms with Gasteiger partial charge in [-0.05, 0) is 6.54 Å². The quantitative estimate of drug-likeness (QED) is 0.863. The first-order valence-corrected chi connectivity index (χ1v) is 7.19. The zero-order valence-electron chi connectivity index (χ0n) is 12.4. The van der Waals surface area contributed by atoms with Crippen molar-refractivity contribution in [2.45, 2.75) is 6.92 Å². The minimum Gasteiger partial charge on any atom is -0.357 e. The van der Waals surface area contributed by atoms with E-state index in [-0.39, 0.29) is 0 Å². The number of piperazine rings is 1. The van der Waals surface area contributed by atoms with Crippen molar-refractivity contribution in [3.05, 3.63) is 18.7 Å². The number of anilines is 2. The second-order valence-corrected chi connectivity index (χ2v) is 4.90. The maximum absolute atomic E-state index is 4.57. The summed E-state index contributed by atoms with van der Waals surface area (Å²) in [5, 5.41) is 3.00. The van der Waals surface area contributed by atoms with Gasteiger partial charge in [-0.15, -0.1) is 0 Å². The molecule has 0 spiro atoms. The normalized spacial score (nSPS) is 16.2. The molecule has 0 atom stereocenters. The molecule has 1 aliphatic heterocycles. The molecule has 1 fully saturated rings. The van der Waals surface area contributed by atoms with Gasteiger partial charge in [0.05, 0.1) is 0 Å². The number of hydrogen-bond acceptors (Lipinski definition) is 7. The van der Waals surface area contributed by atoms with Crippen LogP contribution in [0, 0.1) is 0 Å². The van der Waals surface area contributed by atoms with E-state index in [1.165, 1.54) is 0 Å². The van der Waals surface area contributed by atoms with Crippen LogP contribution in [0.2, 0.25) is 0 Å². The third-order valence-electron chi connectivity index (χ3n) is 3.67. The fourth-order valence-corrected chi connectivity index (χ4v) is 2.36. The molecule has 21 heavy (non-hydrogen) atoms. The van der Waals surface area contributed by atoms with Crippen LogP contribution in [-0.4, -0.2) is 69.2 Å². The Morgan fingerprint density at radius 1 is 1.10 bits per heavy atom. The molecular weight excluding hydrogens is 268 g/mol. The van der Waals surface area contributed by atoms with Crippen molar-refractivity contribution in [2.75, 3.05) is 50.0 Å². The van der Waals surface area contributed by atoms with Crippen molar-refractivity contribution < 1.29 is 0 Å². The largest absolute Gasteiger partial charge is 0.357 e. The minimum absolute atomic E-state index is 0.571. The summed E-state index contributed by atoms with van der Waals surface area (Å²) in [7, 11) is 1.81. The Bertz CT molecular complexity index is 574. The van der Waals surface area contributed by atoms with Gasteiger partial charge in [0.15, 0.2) is 0 Å². The lowest BCUT2D eigenvalue weighted by molar-refractivity contribution is 0.270. The zero-order chi connectivity index (χ0) is 14.7. The molecular formula is C13H20N8. The monoisotopic (exact) mass is 288 g/mol. The van der Waals surface area contributed by atoms with E-state index in [0.29, 0.717) is 17.8 Å². The summed E-state index contributed by atoms with van der Waals surface area (Å²) in [6.45, 7) is 7.23. The molecule has 0 radical (unpaired) electrons. The third kappa shape index (κ3) is 2.94. The highest BCUT2D eigenvalue weighted by molar-refractivity contribution is 5.40. The lowest BCUT2D eigenvalue weighted by atomic mass is 10.3. The molecule has 1 saturated heterocycles. The molecule has 0 unspecified atom stereocenters. The van der Waals surface area contributed by atoms with Crippen LogP contribution in [-0.2, 0) is 0 Å². The standard InChI is InChI=1S/C13H20N8/c1-3-19-6-8-20(9-7-19)12-16-11(14-2)17-13(18-12)21-5-4-15-10-21/h4-5,10H,3,6-9H2,1-2H3,(H,14,16,17,18). The average molecular weight is 288 g/mol. The predicted octanol–water partition coefficient (Wildman–Crippen LogP) is 0.241. The van der Waals surface area contributed by atoms with E-state index in [0.717, 1.165) is 32.7 Å². The number of aromatic nitrogens is 5. The Morgan fingerprint density at radius 3 is 2.48 bits per heavy atom. The van der Waals surface area contributed by atoms with Crippen molar-refractivity contribution in [1.29, 1.82) is 0 Å². The first-order valence-electron chi connectivity index (χ1n) is 7.19. The molecule has 0 aliphatic carbocycles. The van der Waals surface area contributed by atoms with Crippen molar-refractivity contribution in [3.8, 4) is 5.95 Å². The van der Waals surface area contributed by atoms with Crippen LogP contribution >= 0.6 is 0 Å².